The van der Waals surface area contributed by atoms with Crippen molar-refractivity contribution in [3.8, 4) is 22.8 Å². The van der Waals surface area contributed by atoms with Crippen molar-refractivity contribution in [1.29, 1.82) is 0 Å². The molecule has 1 atom stereocenters. The van der Waals surface area contributed by atoms with Gasteiger partial charge in [-0.1, -0.05) is 0 Å². The van der Waals surface area contributed by atoms with Gasteiger partial charge in [0.15, 0.2) is 0 Å². The molecule has 2 aromatic heterocycles. The Morgan fingerprint density at radius 2 is 2.26 bits per heavy atom. The Bertz CT molecular complexity index is 1150. The van der Waals surface area contributed by atoms with Crippen molar-refractivity contribution in [2.24, 2.45) is 0 Å². The average Bonchev–Trinajstić information content (AvgIpc) is 3.13. The summed E-state index contributed by atoms with van der Waals surface area (Å²) in [5.41, 5.74) is 4.06. The maximum absolute atomic E-state index is 14.3. The molecule has 7 nitrogen and oxygen atoms in total. The molecule has 2 bridgehead atoms. The number of alkyl halides is 2. The van der Waals surface area contributed by atoms with Crippen LogP contribution in [0.25, 0.3) is 11.3 Å². The van der Waals surface area contributed by atoms with Crippen molar-refractivity contribution in [3.63, 3.8) is 0 Å². The maximum atomic E-state index is 14.3. The van der Waals surface area contributed by atoms with Gasteiger partial charge in [-0.2, -0.15) is 0 Å². The predicted molar refractivity (Wildman–Crippen MR) is 110 cm³/mol. The summed E-state index contributed by atoms with van der Waals surface area (Å²) >= 11 is -0.195. The molecule has 4 heterocycles. The third-order valence-electron chi connectivity index (χ3n) is 5.33. The van der Waals surface area contributed by atoms with Crippen LogP contribution in [0.15, 0.2) is 36.7 Å². The van der Waals surface area contributed by atoms with Gasteiger partial charge in [0.25, 0.3) is 0 Å². The van der Waals surface area contributed by atoms with Gasteiger partial charge < -0.3 is 0 Å². The number of hydrogen-bond acceptors (Lipinski definition) is 5. The Balaban J connectivity index is 1.74. The van der Waals surface area contributed by atoms with E-state index in [9.17, 15) is 9.18 Å². The number of aromatic amines is 1. The quantitative estimate of drug-likeness (QED) is 0.339. The molecule has 0 fully saturated rings. The molecule has 31 heavy (non-hydrogen) atoms. The molecule has 9 heteroatoms. The first-order valence-corrected chi connectivity index (χ1v) is 12.7. The number of halogens is 2. The summed E-state index contributed by atoms with van der Waals surface area (Å²) in [6, 6.07) is 6.53. The van der Waals surface area contributed by atoms with Gasteiger partial charge in [0, 0.05) is 0 Å². The molecule has 162 valence electrons. The number of anilines is 2. The molecule has 5 rings (SSSR count). The van der Waals surface area contributed by atoms with Crippen molar-refractivity contribution in [1.82, 2.24) is 15.3 Å². The Labute approximate surface area is 189 Å². The van der Waals surface area contributed by atoms with E-state index < -0.39 is 5.82 Å². The predicted octanol–water partition coefficient (Wildman–Crippen LogP) is 0.624. The topological polar surface area (TPSA) is 88.3 Å². The van der Waals surface area contributed by atoms with Crippen LogP contribution in [0, 0.1) is 5.82 Å². The average molecular weight is 535 g/mol. The summed E-state index contributed by atoms with van der Waals surface area (Å²) in [7, 11) is 1.42. The van der Waals surface area contributed by atoms with E-state index in [1.54, 1.807) is 24.5 Å². The number of para-hydroxylation sites is 1. The van der Waals surface area contributed by atoms with Gasteiger partial charge in [-0.3, -0.25) is 0 Å². The molecule has 0 saturated heterocycles. The molecule has 3 aromatic rings. The number of aromatic nitrogens is 2. The van der Waals surface area contributed by atoms with Gasteiger partial charge >= 0.3 is 189 Å². The van der Waals surface area contributed by atoms with E-state index in [2.05, 4.69) is 20.6 Å². The number of methoxy groups -OCH3 is 1. The van der Waals surface area contributed by atoms with Gasteiger partial charge in [0.2, 0.25) is 0 Å². The molecule has 0 unspecified atom stereocenters. The number of pyridine rings is 1. The van der Waals surface area contributed by atoms with E-state index in [0.717, 1.165) is 27.8 Å². The number of carbonyl (C=O) groups is 1. The summed E-state index contributed by atoms with van der Waals surface area (Å²) < 4.78 is 27.0. The monoisotopic (exact) mass is 535 g/mol. The molecular formula is C22H21FIN4O3-. The van der Waals surface area contributed by atoms with E-state index in [1.165, 1.54) is 13.2 Å². The second-order valence-electron chi connectivity index (χ2n) is 7.20. The Hall–Kier alpha value is -2.82. The van der Waals surface area contributed by atoms with Crippen molar-refractivity contribution in [2.45, 2.75) is 10.3 Å². The van der Waals surface area contributed by atoms with Crippen molar-refractivity contribution in [2.75, 3.05) is 30.0 Å². The Morgan fingerprint density at radius 3 is 3.13 bits per heavy atom. The van der Waals surface area contributed by atoms with Gasteiger partial charge in [-0.25, -0.2) is 0 Å². The first-order chi connectivity index (χ1) is 15.2. The van der Waals surface area contributed by atoms with Gasteiger partial charge in [0.05, 0.1) is 0 Å². The number of nitrogens with one attached hydrogen (secondary N) is 3. The third-order valence-corrected chi connectivity index (χ3v) is 8.84. The van der Waals surface area contributed by atoms with Crippen LogP contribution in [-0.2, 0) is 0 Å². The fourth-order valence-electron chi connectivity index (χ4n) is 3.92. The zero-order chi connectivity index (χ0) is 21.4. The third kappa shape index (κ3) is 3.60. The molecule has 2 aliphatic rings. The summed E-state index contributed by atoms with van der Waals surface area (Å²) in [6.07, 6.45) is 4.35. The van der Waals surface area contributed by atoms with Gasteiger partial charge in [0.1, 0.15) is 0 Å². The number of carbonyl (C=O) groups excluding carboxylic acids is 1. The zero-order valence-electron chi connectivity index (χ0n) is 16.8. The van der Waals surface area contributed by atoms with E-state index in [1.807, 2.05) is 6.07 Å². The molecule has 0 aliphatic carbocycles. The number of nitrogens with zero attached hydrogens (tertiary/aromatic N) is 1. The second kappa shape index (κ2) is 8.37. The number of fused-ring (bicyclic) bond motifs is 3. The molecular weight excluding hydrogens is 514 g/mol. The standard InChI is InChI=1S/C22H21FIN4O3/c1-30-21-13(23)4-2-5-15(21)27-20-17-19-14(10-26-22(17)29)24-7-3-9-31-16-11-25-8-6-12(16)18(20)28-19/h2,4-6,8,11,14,27-28H,3,7,9-10H2,1H3,(H,26,29)/q-1/t14-/m1/s1. The Morgan fingerprint density at radius 1 is 1.35 bits per heavy atom. The zero-order valence-corrected chi connectivity index (χ0v) is 19.0. The fourth-order valence-corrected chi connectivity index (χ4v) is 6.86. The van der Waals surface area contributed by atoms with Crippen molar-refractivity contribution < 1.29 is 39.9 Å². The number of amides is 1. The molecule has 3 N–H and O–H groups in total. The minimum atomic E-state index is -0.478. The SMILES string of the molecule is COc1c(F)cccc1Nc1c2[nH]c3c1C(=O)NC[C@H]3[I-]CCCOc1cnccc1-2. The van der Waals surface area contributed by atoms with Crippen LogP contribution in [-0.4, -0.2) is 40.6 Å². The van der Waals surface area contributed by atoms with Crippen LogP contribution in [0.2, 0.25) is 0 Å². The summed E-state index contributed by atoms with van der Waals surface area (Å²) in [4.78, 5) is 20.7. The molecule has 1 aromatic carbocycles. The van der Waals surface area contributed by atoms with Crippen LogP contribution in [0.5, 0.6) is 11.5 Å². The molecule has 2 aliphatic heterocycles. The van der Waals surface area contributed by atoms with Gasteiger partial charge in [-0.05, 0) is 0 Å². The fraction of sp³-hybridized carbons (Fsp3) is 0.273. The molecule has 0 saturated carbocycles. The minimum absolute atomic E-state index is 0.0934. The number of benzene rings is 1. The molecule has 0 spiro atoms. The molecule has 0 radical (unpaired) electrons. The van der Waals surface area contributed by atoms with E-state index in [0.29, 0.717) is 35.8 Å². The number of hydrogen-bond donors (Lipinski definition) is 3. The van der Waals surface area contributed by atoms with Crippen LogP contribution < -0.4 is 41.3 Å². The first-order valence-electron chi connectivity index (χ1n) is 9.96. The normalized spacial score (nSPS) is 17.9. The number of rotatable bonds is 3. The van der Waals surface area contributed by atoms with Crippen LogP contribution in [0.4, 0.5) is 15.8 Å². The molecule has 1 amide bonds. The first kappa shape index (κ1) is 20.1. The second-order valence-corrected chi connectivity index (χ2v) is 10.7. The summed E-state index contributed by atoms with van der Waals surface area (Å²) in [6.45, 7) is 1.25. The number of H-pyrrole nitrogens is 1. The van der Waals surface area contributed by atoms with Crippen molar-refractivity contribution in [3.05, 3.63) is 53.7 Å². The van der Waals surface area contributed by atoms with E-state index in [-0.39, 0.29) is 36.8 Å². The Kier molecular flexibility index (Phi) is 5.43. The van der Waals surface area contributed by atoms with E-state index >= 15 is 0 Å². The van der Waals surface area contributed by atoms with Gasteiger partial charge in [-0.15, -0.1) is 0 Å². The number of ether oxygens (including phenoxy) is 2. The van der Waals surface area contributed by atoms with Crippen LogP contribution in [0.3, 0.4) is 0 Å². The summed E-state index contributed by atoms with van der Waals surface area (Å²) in [5.74, 6) is 0.113. The summed E-state index contributed by atoms with van der Waals surface area (Å²) in [5, 5.41) is 6.32. The van der Waals surface area contributed by atoms with Crippen LogP contribution in [0.1, 0.15) is 26.4 Å². The van der Waals surface area contributed by atoms with Crippen LogP contribution >= 0.6 is 0 Å². The van der Waals surface area contributed by atoms with E-state index in [4.69, 9.17) is 9.47 Å². The van der Waals surface area contributed by atoms with Crippen molar-refractivity contribution >= 4 is 17.3 Å².